The second-order valence-electron chi connectivity index (χ2n) is 3.37. The number of Topliss-reactive ketones (excluding diaryl/α,β-unsaturated/α-hetero) is 1. The fourth-order valence-corrected chi connectivity index (χ4v) is 2.02. The molecule has 0 aromatic heterocycles. The lowest BCUT2D eigenvalue weighted by Crippen LogP contribution is -2.18. The highest BCUT2D eigenvalue weighted by Gasteiger charge is 2.26. The minimum Gasteiger partial charge on any atom is -0.361 e. The molecule has 0 fully saturated rings. The van der Waals surface area contributed by atoms with Gasteiger partial charge in [-0.1, -0.05) is 0 Å². The Labute approximate surface area is 96.6 Å². The first-order valence-corrected chi connectivity index (χ1v) is 5.94. The topological polar surface area (TPSA) is 108 Å². The van der Waals surface area contributed by atoms with Crippen molar-refractivity contribution in [3.8, 4) is 0 Å². The van der Waals surface area contributed by atoms with Crippen LogP contribution in [-0.2, 0) is 10.1 Å². The van der Waals surface area contributed by atoms with Gasteiger partial charge in [0.05, 0.1) is 4.90 Å². The molecule has 1 N–H and O–H groups in total. The highest BCUT2D eigenvalue weighted by molar-refractivity contribution is 7.85. The van der Waals surface area contributed by atoms with E-state index in [0.29, 0.717) is 5.56 Å². The molecule has 0 atom stereocenters. The molecule has 7 heteroatoms. The van der Waals surface area contributed by atoms with E-state index in [-0.39, 0.29) is 16.2 Å². The molecule has 0 heterocycles. The minimum absolute atomic E-state index is 0.128. The number of hydrogen-bond donors (Lipinski definition) is 1. The van der Waals surface area contributed by atoms with Gasteiger partial charge in [0.1, 0.15) is 0 Å². The number of carbonyl (C=O) groups is 1. The van der Waals surface area contributed by atoms with Crippen molar-refractivity contribution in [2.24, 2.45) is 0 Å². The summed E-state index contributed by atoms with van der Waals surface area (Å²) in [6.07, 6.45) is 2.69. The Morgan fingerprint density at radius 3 is 2.53 bits per heavy atom. The first-order valence-electron chi connectivity index (χ1n) is 4.50. The molecule has 0 saturated heterocycles. The fraction of sp³-hybridized carbons (Fsp3) is 0. The number of carbonyl (C=O) groups excluding carboxylic acids is 1. The van der Waals surface area contributed by atoms with Gasteiger partial charge in [0.2, 0.25) is 0 Å². The van der Waals surface area contributed by atoms with E-state index in [1.807, 2.05) is 0 Å². The summed E-state index contributed by atoms with van der Waals surface area (Å²) in [4.78, 5) is 14.2. The minimum atomic E-state index is -4.30. The van der Waals surface area contributed by atoms with Gasteiger partial charge < -0.3 is 5.53 Å². The van der Waals surface area contributed by atoms with Crippen molar-refractivity contribution in [1.29, 1.82) is 0 Å². The van der Waals surface area contributed by atoms with E-state index in [4.69, 9.17) is 10.1 Å². The Bertz CT molecular complexity index is 697. The molecule has 0 saturated carbocycles. The van der Waals surface area contributed by atoms with E-state index in [1.54, 1.807) is 0 Å². The van der Waals surface area contributed by atoms with Crippen molar-refractivity contribution in [2.75, 3.05) is 0 Å². The van der Waals surface area contributed by atoms with Gasteiger partial charge in [-0.05, 0) is 29.8 Å². The van der Waals surface area contributed by atoms with Crippen molar-refractivity contribution in [3.05, 3.63) is 40.9 Å². The average Bonchev–Trinajstić information content (AvgIpc) is 2.28. The number of benzene rings is 1. The predicted octanol–water partition coefficient (Wildman–Crippen LogP) is 0.814. The van der Waals surface area contributed by atoms with Crippen LogP contribution in [0.3, 0.4) is 0 Å². The summed E-state index contributed by atoms with van der Waals surface area (Å²) in [6.45, 7) is 0. The van der Waals surface area contributed by atoms with Crippen molar-refractivity contribution < 1.29 is 22.6 Å². The predicted molar refractivity (Wildman–Crippen MR) is 58.2 cm³/mol. The van der Waals surface area contributed by atoms with Crippen molar-refractivity contribution in [2.45, 2.75) is 4.90 Å². The smallest absolute Gasteiger partial charge is 0.361 e. The third kappa shape index (κ3) is 1.94. The van der Waals surface area contributed by atoms with Gasteiger partial charge in [0.25, 0.3) is 15.9 Å². The van der Waals surface area contributed by atoms with E-state index in [9.17, 15) is 13.2 Å². The van der Waals surface area contributed by atoms with Gasteiger partial charge >= 0.3 is 5.71 Å². The molecule has 6 nitrogen and oxygen atoms in total. The zero-order chi connectivity index (χ0) is 12.6. The van der Waals surface area contributed by atoms with Crippen LogP contribution in [0.25, 0.3) is 11.6 Å². The molecular weight excluding hydrogens is 244 g/mol. The number of nitrogens with zero attached hydrogens (tertiary/aromatic N) is 2. The van der Waals surface area contributed by atoms with Crippen LogP contribution in [0.2, 0.25) is 0 Å². The van der Waals surface area contributed by atoms with Gasteiger partial charge in [-0.2, -0.15) is 13.2 Å². The van der Waals surface area contributed by atoms with Crippen LogP contribution < -0.4 is 0 Å². The van der Waals surface area contributed by atoms with E-state index in [0.717, 1.165) is 6.07 Å². The largest absolute Gasteiger partial charge is 0.362 e. The van der Waals surface area contributed by atoms with Crippen LogP contribution >= 0.6 is 0 Å². The maximum absolute atomic E-state index is 11.7. The lowest BCUT2D eigenvalue weighted by Gasteiger charge is -2.07. The average molecular weight is 250 g/mol. The normalized spacial score (nSPS) is 14.4. The number of hydrogen-bond acceptors (Lipinski definition) is 3. The first-order chi connectivity index (χ1) is 7.93. The fourth-order valence-electron chi connectivity index (χ4n) is 1.51. The molecule has 1 aliphatic carbocycles. The van der Waals surface area contributed by atoms with Crippen molar-refractivity contribution in [1.82, 2.24) is 0 Å². The zero-order valence-corrected chi connectivity index (χ0v) is 9.18. The molecule has 1 aromatic rings. The Morgan fingerprint density at radius 2 is 1.94 bits per heavy atom. The summed E-state index contributed by atoms with van der Waals surface area (Å²) in [5.41, 5.74) is 8.98. The van der Waals surface area contributed by atoms with Crippen molar-refractivity contribution >= 4 is 27.7 Å². The summed E-state index contributed by atoms with van der Waals surface area (Å²) in [5, 5.41) is 0. The van der Waals surface area contributed by atoms with Crippen LogP contribution in [0.5, 0.6) is 0 Å². The Kier molecular flexibility index (Phi) is 2.51. The van der Waals surface area contributed by atoms with E-state index in [1.165, 1.54) is 24.3 Å². The van der Waals surface area contributed by atoms with Crippen molar-refractivity contribution in [3.63, 3.8) is 0 Å². The Hall–Kier alpha value is -2.08. The van der Waals surface area contributed by atoms with Gasteiger partial charge in [0, 0.05) is 11.6 Å². The van der Waals surface area contributed by atoms with Crippen LogP contribution in [0.4, 0.5) is 0 Å². The number of ketones is 1. The summed E-state index contributed by atoms with van der Waals surface area (Å²) in [6, 6.07) is 3.54. The molecule has 0 bridgehead atoms. The Morgan fingerprint density at radius 1 is 1.24 bits per heavy atom. The Balaban J connectivity index is 2.66. The number of fused-ring (bicyclic) bond motifs is 1. The molecule has 0 unspecified atom stereocenters. The molecule has 1 aromatic carbocycles. The van der Waals surface area contributed by atoms with E-state index >= 15 is 0 Å². The second-order valence-corrected chi connectivity index (χ2v) is 4.79. The number of allylic oxidation sites excluding steroid dienone is 1. The molecule has 0 spiro atoms. The van der Waals surface area contributed by atoms with E-state index in [2.05, 4.69) is 4.79 Å². The highest BCUT2D eigenvalue weighted by Crippen LogP contribution is 2.21. The molecule has 1 aliphatic rings. The molecule has 2 rings (SSSR count). The zero-order valence-electron chi connectivity index (χ0n) is 8.36. The summed E-state index contributed by atoms with van der Waals surface area (Å²) in [5.74, 6) is -0.508. The second kappa shape index (κ2) is 3.74. The van der Waals surface area contributed by atoms with Crippen LogP contribution in [0, 0.1) is 0 Å². The molecule has 86 valence electrons. The number of rotatable bonds is 1. The molecule has 0 aliphatic heterocycles. The standard InChI is InChI=1S/C10H6N2O4S/c11-12-9-4-1-6-5-7(17(14,15)16)2-3-8(6)10(9)13/h1-5H,(H,14,15,16). The molecule has 0 radical (unpaired) electrons. The molecule has 0 amide bonds. The summed E-state index contributed by atoms with van der Waals surface area (Å²) < 4.78 is 30.7. The maximum Gasteiger partial charge on any atom is 0.362 e. The summed E-state index contributed by atoms with van der Waals surface area (Å²) in [7, 11) is -4.30. The van der Waals surface area contributed by atoms with Gasteiger partial charge in [-0.25, -0.2) is 0 Å². The van der Waals surface area contributed by atoms with Gasteiger partial charge in [-0.15, -0.1) is 0 Å². The highest BCUT2D eigenvalue weighted by atomic mass is 32.2. The van der Waals surface area contributed by atoms with Gasteiger partial charge in [0.15, 0.2) is 0 Å². The van der Waals surface area contributed by atoms with Crippen LogP contribution in [-0.4, -0.2) is 29.3 Å². The third-order valence-electron chi connectivity index (χ3n) is 2.33. The third-order valence-corrected chi connectivity index (χ3v) is 3.18. The molecular formula is C10H6N2O4S. The maximum atomic E-state index is 11.7. The first kappa shape index (κ1) is 11.4. The summed E-state index contributed by atoms with van der Waals surface area (Å²) >= 11 is 0. The van der Waals surface area contributed by atoms with Crippen LogP contribution in [0.1, 0.15) is 15.9 Å². The lowest BCUT2D eigenvalue weighted by atomic mass is 9.95. The quantitative estimate of drug-likeness (QED) is 0.452. The van der Waals surface area contributed by atoms with Gasteiger partial charge in [-0.3, -0.25) is 9.35 Å². The van der Waals surface area contributed by atoms with Crippen LogP contribution in [0.15, 0.2) is 29.2 Å². The molecule has 17 heavy (non-hydrogen) atoms. The van der Waals surface area contributed by atoms with E-state index < -0.39 is 15.9 Å². The lowest BCUT2D eigenvalue weighted by molar-refractivity contribution is -0.00435. The SMILES string of the molecule is [N-]=[N+]=C1C=Cc2cc(S(=O)(=O)O)ccc2C1=O. The monoisotopic (exact) mass is 250 g/mol.